The van der Waals surface area contributed by atoms with Crippen LogP contribution >= 0.6 is 0 Å². The number of aromatic amines is 1. The molecule has 4 aromatic heterocycles. The summed E-state index contributed by atoms with van der Waals surface area (Å²) in [6.45, 7) is 0. The van der Waals surface area contributed by atoms with E-state index in [1.807, 2.05) is 24.7 Å². The van der Waals surface area contributed by atoms with Crippen LogP contribution in [0.25, 0.3) is 54.5 Å². The highest BCUT2D eigenvalue weighted by Gasteiger charge is 2.13. The Bertz CT molecular complexity index is 1440. The SMILES string of the molecule is c1cnc2c(c1)ccc1ncc3cnc4c(ccc5[nH]cnc54)c3c12. The zero-order valence-corrected chi connectivity index (χ0v) is 13.1. The summed E-state index contributed by atoms with van der Waals surface area (Å²) < 4.78 is 0. The average Bonchev–Trinajstić information content (AvgIpc) is 3.16. The average molecular weight is 321 g/mol. The Hall–Kier alpha value is -3.60. The third-order valence-corrected chi connectivity index (χ3v) is 4.80. The maximum atomic E-state index is 4.65. The van der Waals surface area contributed by atoms with Gasteiger partial charge in [0, 0.05) is 45.5 Å². The van der Waals surface area contributed by atoms with Gasteiger partial charge in [-0.2, -0.15) is 0 Å². The number of hydrogen-bond acceptors (Lipinski definition) is 4. The van der Waals surface area contributed by atoms with Crippen LogP contribution in [-0.4, -0.2) is 24.9 Å². The first kappa shape index (κ1) is 12.8. The molecule has 0 bridgehead atoms. The number of imidazole rings is 1. The molecule has 0 amide bonds. The molecule has 0 saturated heterocycles. The monoisotopic (exact) mass is 321 g/mol. The minimum Gasteiger partial charge on any atom is -0.345 e. The third-order valence-electron chi connectivity index (χ3n) is 4.80. The summed E-state index contributed by atoms with van der Waals surface area (Å²) in [6, 6.07) is 12.3. The predicted molar refractivity (Wildman–Crippen MR) is 99.5 cm³/mol. The molecule has 2 aromatic carbocycles. The van der Waals surface area contributed by atoms with Crippen LogP contribution in [0.5, 0.6) is 0 Å². The third kappa shape index (κ3) is 1.61. The van der Waals surface area contributed by atoms with Crippen molar-refractivity contribution in [1.29, 1.82) is 0 Å². The summed E-state index contributed by atoms with van der Waals surface area (Å²) in [6.07, 6.45) is 7.29. The first-order valence-electron chi connectivity index (χ1n) is 8.07. The van der Waals surface area contributed by atoms with Crippen LogP contribution < -0.4 is 0 Å². The number of fused-ring (bicyclic) bond motifs is 9. The summed E-state index contributed by atoms with van der Waals surface area (Å²) in [7, 11) is 0. The number of benzene rings is 2. The number of rotatable bonds is 0. The van der Waals surface area contributed by atoms with Crippen molar-refractivity contribution < 1.29 is 0 Å². The van der Waals surface area contributed by atoms with Gasteiger partial charge in [0.2, 0.25) is 0 Å². The van der Waals surface area contributed by atoms with Crippen molar-refractivity contribution in [1.82, 2.24) is 24.9 Å². The second-order valence-corrected chi connectivity index (χ2v) is 6.14. The Balaban J connectivity index is 1.99. The quantitative estimate of drug-likeness (QED) is 0.422. The van der Waals surface area contributed by atoms with Gasteiger partial charge < -0.3 is 4.98 Å². The molecule has 0 aliphatic carbocycles. The van der Waals surface area contributed by atoms with Gasteiger partial charge in [0.05, 0.1) is 28.4 Å². The van der Waals surface area contributed by atoms with Gasteiger partial charge in [0.15, 0.2) is 0 Å². The van der Waals surface area contributed by atoms with E-state index >= 15 is 0 Å². The van der Waals surface area contributed by atoms with Gasteiger partial charge in [-0.1, -0.05) is 12.1 Å². The number of nitrogens with zero attached hydrogens (tertiary/aromatic N) is 4. The molecule has 5 nitrogen and oxygen atoms in total. The van der Waals surface area contributed by atoms with Crippen LogP contribution in [0.15, 0.2) is 61.3 Å². The summed E-state index contributed by atoms with van der Waals surface area (Å²) >= 11 is 0. The summed E-state index contributed by atoms with van der Waals surface area (Å²) in [5, 5.41) is 5.38. The molecule has 6 rings (SSSR count). The topological polar surface area (TPSA) is 67.3 Å². The Morgan fingerprint density at radius 1 is 0.680 bits per heavy atom. The molecule has 6 aromatic rings. The van der Waals surface area contributed by atoms with E-state index in [-0.39, 0.29) is 0 Å². The molecule has 0 saturated carbocycles. The number of nitrogens with one attached hydrogen (secondary N) is 1. The van der Waals surface area contributed by atoms with E-state index in [9.17, 15) is 0 Å². The van der Waals surface area contributed by atoms with Gasteiger partial charge in [-0.3, -0.25) is 15.0 Å². The Labute approximate surface area is 141 Å². The number of aromatic nitrogens is 5. The molecule has 0 atom stereocenters. The van der Waals surface area contributed by atoms with Crippen LogP contribution in [0.2, 0.25) is 0 Å². The van der Waals surface area contributed by atoms with Crippen LogP contribution in [0, 0.1) is 0 Å². The number of hydrogen-bond donors (Lipinski definition) is 1. The zero-order valence-electron chi connectivity index (χ0n) is 13.1. The minimum atomic E-state index is 0.887. The van der Waals surface area contributed by atoms with E-state index in [1.54, 1.807) is 6.33 Å². The molecule has 0 fully saturated rings. The number of H-pyrrole nitrogens is 1. The molecule has 0 aliphatic rings. The normalized spacial score (nSPS) is 12.0. The smallest absolute Gasteiger partial charge is 0.114 e. The van der Waals surface area contributed by atoms with Crippen molar-refractivity contribution >= 4 is 54.5 Å². The maximum absolute atomic E-state index is 4.65. The van der Waals surface area contributed by atoms with Crippen LogP contribution in [0.3, 0.4) is 0 Å². The molecule has 0 aliphatic heterocycles. The van der Waals surface area contributed by atoms with E-state index in [0.29, 0.717) is 0 Å². The van der Waals surface area contributed by atoms with Crippen molar-refractivity contribution in [3.05, 3.63) is 61.3 Å². The van der Waals surface area contributed by atoms with Gasteiger partial charge in [-0.05, 0) is 24.3 Å². The Morgan fingerprint density at radius 3 is 2.64 bits per heavy atom. The van der Waals surface area contributed by atoms with Gasteiger partial charge in [-0.25, -0.2) is 4.98 Å². The van der Waals surface area contributed by atoms with E-state index in [4.69, 9.17) is 0 Å². The highest BCUT2D eigenvalue weighted by Crippen LogP contribution is 2.35. The van der Waals surface area contributed by atoms with Gasteiger partial charge in [-0.15, -0.1) is 0 Å². The second-order valence-electron chi connectivity index (χ2n) is 6.14. The molecule has 5 heteroatoms. The maximum Gasteiger partial charge on any atom is 0.114 e. The van der Waals surface area contributed by atoms with Crippen LogP contribution in [0.4, 0.5) is 0 Å². The van der Waals surface area contributed by atoms with E-state index in [2.05, 4.69) is 55.3 Å². The molecule has 25 heavy (non-hydrogen) atoms. The van der Waals surface area contributed by atoms with Gasteiger partial charge in [0.1, 0.15) is 5.52 Å². The fraction of sp³-hybridized carbons (Fsp3) is 0. The molecule has 4 heterocycles. The Morgan fingerprint density at radius 2 is 1.64 bits per heavy atom. The molecule has 1 N–H and O–H groups in total. The van der Waals surface area contributed by atoms with Crippen molar-refractivity contribution in [3.63, 3.8) is 0 Å². The molecule has 0 radical (unpaired) electrons. The molecular formula is C20H11N5. The van der Waals surface area contributed by atoms with Crippen molar-refractivity contribution in [2.75, 3.05) is 0 Å². The minimum absolute atomic E-state index is 0.887. The largest absolute Gasteiger partial charge is 0.345 e. The predicted octanol–water partition coefficient (Wildman–Crippen LogP) is 4.36. The summed E-state index contributed by atoms with van der Waals surface area (Å²) in [4.78, 5) is 21.5. The highest BCUT2D eigenvalue weighted by molar-refractivity contribution is 6.26. The van der Waals surface area contributed by atoms with Crippen molar-refractivity contribution in [2.24, 2.45) is 0 Å². The van der Waals surface area contributed by atoms with E-state index in [0.717, 1.165) is 54.5 Å². The lowest BCUT2D eigenvalue weighted by atomic mass is 10.0. The molecular weight excluding hydrogens is 310 g/mol. The lowest BCUT2D eigenvalue weighted by Gasteiger charge is -2.09. The first-order valence-corrected chi connectivity index (χ1v) is 8.07. The number of pyridine rings is 3. The summed E-state index contributed by atoms with van der Waals surface area (Å²) in [5.41, 5.74) is 4.67. The van der Waals surface area contributed by atoms with E-state index in [1.165, 1.54) is 0 Å². The molecule has 116 valence electrons. The second kappa shape index (κ2) is 4.48. The van der Waals surface area contributed by atoms with E-state index < -0.39 is 0 Å². The fourth-order valence-electron chi connectivity index (χ4n) is 3.68. The first-order chi connectivity index (χ1) is 12.4. The fourth-order valence-corrected chi connectivity index (χ4v) is 3.68. The van der Waals surface area contributed by atoms with Crippen LogP contribution in [-0.2, 0) is 0 Å². The van der Waals surface area contributed by atoms with Crippen molar-refractivity contribution in [3.8, 4) is 0 Å². The van der Waals surface area contributed by atoms with Gasteiger partial charge in [0.25, 0.3) is 0 Å². The Kier molecular flexibility index (Phi) is 2.29. The molecule has 0 unspecified atom stereocenters. The van der Waals surface area contributed by atoms with Crippen molar-refractivity contribution in [2.45, 2.75) is 0 Å². The van der Waals surface area contributed by atoms with Crippen LogP contribution in [0.1, 0.15) is 0 Å². The highest BCUT2D eigenvalue weighted by atomic mass is 14.9. The standard InChI is InChI=1S/C20H11N5/c1-2-11-3-5-14-17(18(11)21-7-1)16-12(8-22-14)9-23-19-13(16)4-6-15-20(19)25-10-24-15/h1-10H,(H,24,25). The molecule has 0 spiro atoms. The lowest BCUT2D eigenvalue weighted by molar-refractivity contribution is 1.34. The van der Waals surface area contributed by atoms with Gasteiger partial charge >= 0.3 is 0 Å². The zero-order chi connectivity index (χ0) is 16.4. The lowest BCUT2D eigenvalue weighted by Crippen LogP contribution is -1.90. The summed E-state index contributed by atoms with van der Waals surface area (Å²) in [5.74, 6) is 0.